The third kappa shape index (κ3) is 4.86. The number of aromatic nitrogens is 4. The highest BCUT2D eigenvalue weighted by atomic mass is 19.1. The molecule has 2 bridgehead atoms. The van der Waals surface area contributed by atoms with E-state index in [1.165, 1.54) is 12.3 Å². The minimum absolute atomic E-state index is 0.112. The Bertz CT molecular complexity index is 1560. The van der Waals surface area contributed by atoms with Crippen molar-refractivity contribution in [3.63, 3.8) is 0 Å². The Morgan fingerprint density at radius 3 is 2.69 bits per heavy atom. The van der Waals surface area contributed by atoms with E-state index in [2.05, 4.69) is 26.4 Å². The molecule has 10 heteroatoms. The molecule has 1 saturated carbocycles. The van der Waals surface area contributed by atoms with Gasteiger partial charge < -0.3 is 20.1 Å². The average Bonchev–Trinajstić information content (AvgIpc) is 3.35. The molecule has 2 saturated heterocycles. The van der Waals surface area contributed by atoms with Gasteiger partial charge in [0.25, 0.3) is 0 Å². The van der Waals surface area contributed by atoms with Crippen LogP contribution in [0, 0.1) is 35.9 Å². The van der Waals surface area contributed by atoms with Crippen molar-refractivity contribution in [2.45, 2.75) is 38.8 Å². The second-order valence-corrected chi connectivity index (χ2v) is 11.2. The van der Waals surface area contributed by atoms with E-state index < -0.39 is 5.60 Å². The van der Waals surface area contributed by atoms with Gasteiger partial charge in [-0.25, -0.2) is 18.9 Å². The van der Waals surface area contributed by atoms with Gasteiger partial charge in [-0.3, -0.25) is 0 Å². The molecule has 9 nitrogen and oxygen atoms in total. The molecule has 0 aromatic carbocycles. The first-order valence-electron chi connectivity index (χ1n) is 13.1. The number of hydrogen-bond donors (Lipinski definition) is 2. The van der Waals surface area contributed by atoms with Crippen molar-refractivity contribution in [3.8, 4) is 22.9 Å². The summed E-state index contributed by atoms with van der Waals surface area (Å²) in [6.07, 6.45) is 6.15. The zero-order valence-corrected chi connectivity index (χ0v) is 22.1. The number of ether oxygens (including phenoxy) is 1. The molecule has 1 aliphatic carbocycles. The van der Waals surface area contributed by atoms with Gasteiger partial charge in [0, 0.05) is 42.1 Å². The highest BCUT2D eigenvalue weighted by Gasteiger charge is 2.47. The summed E-state index contributed by atoms with van der Waals surface area (Å²) in [7, 11) is 0. The van der Waals surface area contributed by atoms with Gasteiger partial charge >= 0.3 is 0 Å². The van der Waals surface area contributed by atoms with Crippen LogP contribution in [0.15, 0.2) is 48.9 Å². The van der Waals surface area contributed by atoms with Crippen LogP contribution in [0.1, 0.15) is 31.5 Å². The first-order chi connectivity index (χ1) is 18.7. The van der Waals surface area contributed by atoms with Crippen molar-refractivity contribution in [3.05, 3.63) is 66.0 Å². The van der Waals surface area contributed by atoms with Crippen molar-refractivity contribution < 1.29 is 14.2 Å². The van der Waals surface area contributed by atoms with Gasteiger partial charge in [0.05, 0.1) is 29.1 Å². The fraction of sp³-hybridized carbons (Fsp3) is 0.379. The highest BCUT2D eigenvalue weighted by Crippen LogP contribution is 2.43. The summed E-state index contributed by atoms with van der Waals surface area (Å²) in [5.74, 6) is 2.21. The quantitative estimate of drug-likeness (QED) is 0.368. The van der Waals surface area contributed by atoms with Crippen LogP contribution in [0.3, 0.4) is 0 Å². The monoisotopic (exact) mass is 527 g/mol. The van der Waals surface area contributed by atoms with Crippen molar-refractivity contribution in [2.75, 3.05) is 29.9 Å². The Morgan fingerprint density at radius 2 is 2.00 bits per heavy atom. The number of piperidine rings is 2. The summed E-state index contributed by atoms with van der Waals surface area (Å²) in [4.78, 5) is 11.4. The molecule has 0 spiro atoms. The highest BCUT2D eigenvalue weighted by molar-refractivity contribution is 5.85. The topological polar surface area (TPSA) is 112 Å². The number of nitriles is 1. The summed E-state index contributed by atoms with van der Waals surface area (Å²) in [5.41, 5.74) is 2.53. The Kier molecular flexibility index (Phi) is 6.11. The van der Waals surface area contributed by atoms with Crippen LogP contribution in [-0.4, -0.2) is 56.0 Å². The molecule has 2 N–H and O–H groups in total. The van der Waals surface area contributed by atoms with E-state index in [4.69, 9.17) is 9.72 Å². The Morgan fingerprint density at radius 1 is 1.21 bits per heavy atom. The standard InChI is InChI=1S/C29H30FN7O2/c1-17-4-6-24(30)28(34-17)35-26-19-8-20(26)14-36(13-19)25-7-5-18(11-32-25)23-9-22(39-16-29(2,3)38)15-37-27(23)21(10-31)12-33-37/h4-7,9,11-12,15,19-20,26,38H,8,13-14,16H2,1-3H3,(H,34,35). The fourth-order valence-electron chi connectivity index (χ4n) is 5.58. The molecule has 2 atom stereocenters. The van der Waals surface area contributed by atoms with E-state index in [1.54, 1.807) is 36.8 Å². The first-order valence-corrected chi connectivity index (χ1v) is 13.1. The maximum Gasteiger partial charge on any atom is 0.165 e. The number of nitrogens with one attached hydrogen (secondary N) is 1. The van der Waals surface area contributed by atoms with Crippen molar-refractivity contribution in [1.82, 2.24) is 19.6 Å². The lowest BCUT2D eigenvalue weighted by Crippen LogP contribution is -2.61. The van der Waals surface area contributed by atoms with E-state index in [9.17, 15) is 14.8 Å². The molecule has 6 heterocycles. The van der Waals surface area contributed by atoms with Crippen molar-refractivity contribution in [2.24, 2.45) is 11.8 Å². The second-order valence-electron chi connectivity index (χ2n) is 11.2. The van der Waals surface area contributed by atoms with Crippen molar-refractivity contribution >= 4 is 17.2 Å². The molecular formula is C29H30FN7O2. The third-order valence-electron chi connectivity index (χ3n) is 7.50. The molecule has 7 rings (SSSR count). The van der Waals surface area contributed by atoms with Crippen LogP contribution >= 0.6 is 0 Å². The summed E-state index contributed by atoms with van der Waals surface area (Å²) >= 11 is 0. The van der Waals surface area contributed by atoms with E-state index in [0.717, 1.165) is 42.1 Å². The van der Waals surface area contributed by atoms with E-state index in [0.29, 0.717) is 34.5 Å². The Balaban J connectivity index is 1.21. The zero-order valence-electron chi connectivity index (χ0n) is 22.1. The lowest BCUT2D eigenvalue weighted by atomic mass is 9.66. The van der Waals surface area contributed by atoms with Gasteiger partial charge in [0.2, 0.25) is 0 Å². The van der Waals surface area contributed by atoms with Crippen LogP contribution in [0.5, 0.6) is 5.75 Å². The minimum Gasteiger partial charge on any atom is -0.489 e. The predicted molar refractivity (Wildman–Crippen MR) is 145 cm³/mol. The van der Waals surface area contributed by atoms with Crippen LogP contribution in [-0.2, 0) is 0 Å². The van der Waals surface area contributed by atoms with E-state index in [1.807, 2.05) is 25.1 Å². The molecule has 3 aliphatic rings. The Labute approximate surface area is 225 Å². The first kappa shape index (κ1) is 25.1. The molecule has 4 aromatic rings. The molecule has 3 fully saturated rings. The molecule has 2 unspecified atom stereocenters. The molecule has 0 amide bonds. The van der Waals surface area contributed by atoms with Gasteiger partial charge in [0.15, 0.2) is 11.6 Å². The van der Waals surface area contributed by atoms with E-state index in [-0.39, 0.29) is 18.5 Å². The van der Waals surface area contributed by atoms with Crippen molar-refractivity contribution in [1.29, 1.82) is 5.26 Å². The lowest BCUT2D eigenvalue weighted by molar-refractivity contribution is 0.0283. The second kappa shape index (κ2) is 9.50. The van der Waals surface area contributed by atoms with Gasteiger partial charge in [-0.05, 0) is 69.4 Å². The number of rotatable bonds is 7. The van der Waals surface area contributed by atoms with Gasteiger partial charge in [-0.1, -0.05) is 0 Å². The van der Waals surface area contributed by atoms with Crippen LogP contribution in [0.4, 0.5) is 16.0 Å². The fourth-order valence-corrected chi connectivity index (χ4v) is 5.58. The maximum absolute atomic E-state index is 14.2. The summed E-state index contributed by atoms with van der Waals surface area (Å²) in [5, 5.41) is 27.4. The van der Waals surface area contributed by atoms with Crippen LogP contribution in [0.2, 0.25) is 0 Å². The smallest absolute Gasteiger partial charge is 0.165 e. The van der Waals surface area contributed by atoms with Gasteiger partial charge in [-0.15, -0.1) is 0 Å². The normalized spacial score (nSPS) is 20.4. The summed E-state index contributed by atoms with van der Waals surface area (Å²) in [6, 6.07) is 11.4. The number of halogens is 1. The SMILES string of the molecule is Cc1ccc(F)c(NC2C3CC2CN(c2ccc(-c4cc(OCC(C)(C)O)cn5ncc(C#N)c45)cn2)C3)n1. The number of nitrogens with zero attached hydrogens (tertiary/aromatic N) is 6. The summed E-state index contributed by atoms with van der Waals surface area (Å²) < 4.78 is 21.7. The number of aryl methyl sites for hydroxylation is 1. The Hall–Kier alpha value is -4.23. The zero-order chi connectivity index (χ0) is 27.3. The number of fused-ring (bicyclic) bond motifs is 3. The molecule has 4 aromatic heterocycles. The van der Waals surface area contributed by atoms with E-state index >= 15 is 0 Å². The lowest BCUT2D eigenvalue weighted by Gasteiger charge is -2.54. The van der Waals surface area contributed by atoms with Gasteiger partial charge in [-0.2, -0.15) is 10.4 Å². The molecule has 2 aliphatic heterocycles. The number of anilines is 2. The molecule has 200 valence electrons. The number of pyridine rings is 3. The average molecular weight is 528 g/mol. The van der Waals surface area contributed by atoms with Gasteiger partial charge in [0.1, 0.15) is 24.2 Å². The number of hydrogen-bond acceptors (Lipinski definition) is 8. The van der Waals surface area contributed by atoms with Crippen LogP contribution in [0.25, 0.3) is 16.6 Å². The van der Waals surface area contributed by atoms with Crippen LogP contribution < -0.4 is 15.0 Å². The minimum atomic E-state index is -0.991. The molecule has 39 heavy (non-hydrogen) atoms. The predicted octanol–water partition coefficient (Wildman–Crippen LogP) is 4.20. The maximum atomic E-state index is 14.2. The third-order valence-corrected chi connectivity index (χ3v) is 7.50. The number of aliphatic hydroxyl groups is 1. The largest absolute Gasteiger partial charge is 0.489 e. The summed E-state index contributed by atoms with van der Waals surface area (Å²) in [6.45, 7) is 7.00. The molecular weight excluding hydrogens is 497 g/mol. The molecule has 0 radical (unpaired) electrons.